The minimum atomic E-state index is -0.641. The normalized spacial score (nSPS) is 11.3. The summed E-state index contributed by atoms with van der Waals surface area (Å²) in [7, 11) is 0. The molecule has 0 atom stereocenters. The summed E-state index contributed by atoms with van der Waals surface area (Å²) >= 11 is 6.81. The zero-order chi connectivity index (χ0) is 21.3. The second kappa shape index (κ2) is 8.62. The zero-order valence-electron chi connectivity index (χ0n) is 14.9. The first-order valence-electron chi connectivity index (χ1n) is 8.35. The van der Waals surface area contributed by atoms with Crippen LogP contribution in [0.1, 0.15) is 16.1 Å². The molecule has 0 bridgehead atoms. The van der Waals surface area contributed by atoms with Crippen LogP contribution in [0, 0.1) is 13.7 Å². The first-order valence-corrected chi connectivity index (χ1v) is 11.0. The van der Waals surface area contributed by atoms with Crippen LogP contribution < -0.4 is 5.01 Å². The number of nitrogens with zero attached hydrogens (tertiary/aromatic N) is 4. The molecule has 0 spiro atoms. The molecule has 0 N–H and O–H groups in total. The van der Waals surface area contributed by atoms with Crippen molar-refractivity contribution >= 4 is 83.2 Å². The largest absolute Gasteiger partial charge is 0.433 e. The van der Waals surface area contributed by atoms with Crippen molar-refractivity contribution in [1.29, 1.82) is 0 Å². The third-order valence-electron chi connectivity index (χ3n) is 3.91. The molecule has 150 valence electrons. The minimum Gasteiger partial charge on any atom is -0.400 e. The molecule has 1 amide bonds. The monoisotopic (exact) mass is 596 g/mol. The second-order valence-corrected chi connectivity index (χ2v) is 8.97. The van der Waals surface area contributed by atoms with Crippen molar-refractivity contribution in [1.82, 2.24) is 4.98 Å². The van der Waals surface area contributed by atoms with Gasteiger partial charge in [-0.1, -0.05) is 39.4 Å². The van der Waals surface area contributed by atoms with Crippen molar-refractivity contribution < 1.29 is 14.1 Å². The number of carbonyl (C=O) groups excluding carboxylic acids is 1. The number of fused-ring (bicyclic) bond motifs is 1. The fourth-order valence-corrected chi connectivity index (χ4v) is 4.63. The van der Waals surface area contributed by atoms with Crippen LogP contribution in [0.15, 0.2) is 68.6 Å². The van der Waals surface area contributed by atoms with Crippen LogP contribution in [0.4, 0.5) is 11.0 Å². The van der Waals surface area contributed by atoms with Crippen LogP contribution >= 0.6 is 49.9 Å². The van der Waals surface area contributed by atoms with Gasteiger partial charge in [-0.2, -0.15) is 10.1 Å². The van der Waals surface area contributed by atoms with Crippen molar-refractivity contribution in [3.63, 3.8) is 0 Å². The van der Waals surface area contributed by atoms with Crippen LogP contribution in [-0.2, 0) is 0 Å². The predicted octanol–water partition coefficient (Wildman–Crippen LogP) is 5.85. The summed E-state index contributed by atoms with van der Waals surface area (Å²) in [5.41, 5.74) is 1.18. The van der Waals surface area contributed by atoms with Crippen LogP contribution in [0.3, 0.4) is 0 Å². The van der Waals surface area contributed by atoms with Crippen molar-refractivity contribution in [3.05, 3.63) is 84.1 Å². The van der Waals surface area contributed by atoms with E-state index < -0.39 is 10.8 Å². The first kappa shape index (κ1) is 20.6. The van der Waals surface area contributed by atoms with Crippen LogP contribution in [0.2, 0.25) is 0 Å². The van der Waals surface area contributed by atoms with Gasteiger partial charge in [-0.05, 0) is 59.0 Å². The summed E-state index contributed by atoms with van der Waals surface area (Å²) in [4.78, 5) is 28.0. The molecule has 0 saturated heterocycles. The van der Waals surface area contributed by atoms with Gasteiger partial charge in [-0.15, -0.1) is 0 Å². The van der Waals surface area contributed by atoms with E-state index in [1.165, 1.54) is 34.7 Å². The third-order valence-corrected chi connectivity index (χ3v) is 6.34. The number of carbonyl (C=O) groups is 1. The topological polar surface area (TPSA) is 102 Å². The van der Waals surface area contributed by atoms with Gasteiger partial charge in [0.1, 0.15) is 4.92 Å². The molecule has 0 aliphatic heterocycles. The third kappa shape index (κ3) is 4.27. The Hall–Kier alpha value is -2.64. The first-order chi connectivity index (χ1) is 14.4. The number of thiazole rings is 1. The Bertz CT molecular complexity index is 1300. The summed E-state index contributed by atoms with van der Waals surface area (Å²) < 4.78 is 7.64. The summed E-state index contributed by atoms with van der Waals surface area (Å²) in [5, 5.41) is 16.6. The Morgan fingerprint density at radius 3 is 2.80 bits per heavy atom. The molecule has 2 aromatic carbocycles. The fraction of sp³-hybridized carbons (Fsp3) is 0. The van der Waals surface area contributed by atoms with E-state index >= 15 is 0 Å². The lowest BCUT2D eigenvalue weighted by atomic mass is 10.2. The standard InChI is InChI=1S/C19H10BrIN4O4S/c20-11-5-7-15-16(9-11)30-19(23-15)24(18(26)13-3-1-2-4-14(13)21)22-10-12-6-8-17(29-12)25(27)28/h1-10H/b22-10+. The number of hydrogen-bond acceptors (Lipinski definition) is 7. The highest BCUT2D eigenvalue weighted by Crippen LogP contribution is 2.32. The highest BCUT2D eigenvalue weighted by atomic mass is 127. The minimum absolute atomic E-state index is 0.145. The number of aromatic nitrogens is 1. The van der Waals surface area contributed by atoms with E-state index in [9.17, 15) is 14.9 Å². The number of nitro groups is 1. The van der Waals surface area contributed by atoms with Gasteiger partial charge < -0.3 is 4.42 Å². The van der Waals surface area contributed by atoms with Gasteiger partial charge in [0.2, 0.25) is 5.13 Å². The molecule has 0 radical (unpaired) electrons. The number of rotatable bonds is 5. The summed E-state index contributed by atoms with van der Waals surface area (Å²) in [6, 6.07) is 15.4. The van der Waals surface area contributed by atoms with Crippen LogP contribution in [-0.4, -0.2) is 22.0 Å². The molecule has 0 unspecified atom stereocenters. The Balaban J connectivity index is 1.76. The van der Waals surface area contributed by atoms with Crippen LogP contribution in [0.25, 0.3) is 10.2 Å². The van der Waals surface area contributed by atoms with Crippen molar-refractivity contribution in [3.8, 4) is 0 Å². The number of furan rings is 1. The Morgan fingerprint density at radius 2 is 2.07 bits per heavy atom. The maximum atomic E-state index is 13.3. The summed E-state index contributed by atoms with van der Waals surface area (Å²) in [6.45, 7) is 0. The smallest absolute Gasteiger partial charge is 0.400 e. The predicted molar refractivity (Wildman–Crippen MR) is 126 cm³/mol. The molecule has 11 heteroatoms. The lowest BCUT2D eigenvalue weighted by molar-refractivity contribution is -0.402. The van der Waals surface area contributed by atoms with Crippen LogP contribution in [0.5, 0.6) is 0 Å². The Kier molecular flexibility index (Phi) is 5.92. The highest BCUT2D eigenvalue weighted by molar-refractivity contribution is 14.1. The van der Waals surface area contributed by atoms with Crippen molar-refractivity contribution in [2.75, 3.05) is 5.01 Å². The van der Waals surface area contributed by atoms with E-state index in [0.717, 1.165) is 18.3 Å². The van der Waals surface area contributed by atoms with Gasteiger partial charge in [-0.25, -0.2) is 4.98 Å². The SMILES string of the molecule is O=C(c1ccccc1I)N(/N=C/c1ccc([N+](=O)[O-])o1)c1nc2ccc(Br)cc2s1. The Morgan fingerprint density at radius 1 is 1.27 bits per heavy atom. The van der Waals surface area contributed by atoms with Crippen molar-refractivity contribution in [2.24, 2.45) is 5.10 Å². The van der Waals surface area contributed by atoms with E-state index in [4.69, 9.17) is 4.42 Å². The van der Waals surface area contributed by atoms with E-state index in [0.29, 0.717) is 10.7 Å². The molecule has 2 aromatic heterocycles. The molecule has 0 fully saturated rings. The maximum absolute atomic E-state index is 13.3. The average molecular weight is 597 g/mol. The van der Waals surface area contributed by atoms with Gasteiger partial charge in [0, 0.05) is 8.04 Å². The molecule has 0 aliphatic carbocycles. The van der Waals surface area contributed by atoms with Gasteiger partial charge in [0.15, 0.2) is 5.76 Å². The number of hydrogen-bond donors (Lipinski definition) is 0. The fourth-order valence-electron chi connectivity index (χ4n) is 2.54. The maximum Gasteiger partial charge on any atom is 0.433 e. The number of anilines is 1. The number of amides is 1. The van der Waals surface area contributed by atoms with E-state index in [-0.39, 0.29) is 11.7 Å². The van der Waals surface area contributed by atoms with E-state index in [1.807, 2.05) is 30.3 Å². The van der Waals surface area contributed by atoms with E-state index in [1.54, 1.807) is 12.1 Å². The molecular formula is C19H10BrIN4O4S. The number of benzene rings is 2. The quantitative estimate of drug-likeness (QED) is 0.125. The highest BCUT2D eigenvalue weighted by Gasteiger charge is 2.23. The molecule has 4 rings (SSSR count). The molecule has 0 aliphatic rings. The van der Waals surface area contributed by atoms with Crippen molar-refractivity contribution in [2.45, 2.75) is 0 Å². The molecule has 0 saturated carbocycles. The molecule has 2 heterocycles. The average Bonchev–Trinajstić information content (AvgIpc) is 3.35. The van der Waals surface area contributed by atoms with Gasteiger partial charge >= 0.3 is 5.88 Å². The lowest BCUT2D eigenvalue weighted by Crippen LogP contribution is -2.26. The summed E-state index contributed by atoms with van der Waals surface area (Å²) in [6.07, 6.45) is 1.25. The number of hydrazone groups is 1. The lowest BCUT2D eigenvalue weighted by Gasteiger charge is -2.14. The van der Waals surface area contributed by atoms with E-state index in [2.05, 4.69) is 48.6 Å². The molecular weight excluding hydrogens is 587 g/mol. The second-order valence-electron chi connectivity index (χ2n) is 5.88. The molecule has 30 heavy (non-hydrogen) atoms. The molecule has 4 aromatic rings. The van der Waals surface area contributed by atoms with Gasteiger partial charge in [-0.3, -0.25) is 14.9 Å². The molecule has 8 nitrogen and oxygen atoms in total. The van der Waals surface area contributed by atoms with Gasteiger partial charge in [0.25, 0.3) is 5.91 Å². The number of halogens is 2. The Labute approximate surface area is 195 Å². The summed E-state index contributed by atoms with van der Waals surface area (Å²) in [5.74, 6) is -0.640. The zero-order valence-corrected chi connectivity index (χ0v) is 19.4. The van der Waals surface area contributed by atoms with Gasteiger partial charge in [0.05, 0.1) is 28.1 Å².